The maximum absolute atomic E-state index is 12.5. The van der Waals surface area contributed by atoms with Crippen molar-refractivity contribution in [3.8, 4) is 0 Å². The van der Waals surface area contributed by atoms with E-state index in [1.165, 1.54) is 0 Å². The molecule has 0 radical (unpaired) electrons. The Morgan fingerprint density at radius 3 is 2.16 bits per heavy atom. The molecule has 0 N–H and O–H groups in total. The Kier molecular flexibility index (Phi) is 6.01. The third kappa shape index (κ3) is 4.62. The van der Waals surface area contributed by atoms with Gasteiger partial charge in [0.2, 0.25) is 0 Å². The van der Waals surface area contributed by atoms with Crippen molar-refractivity contribution in [1.82, 2.24) is 0 Å². The van der Waals surface area contributed by atoms with Crippen molar-refractivity contribution in [1.29, 1.82) is 0 Å². The van der Waals surface area contributed by atoms with Gasteiger partial charge in [0.25, 0.3) is 0 Å². The number of rotatable bonds is 7. The molecule has 0 unspecified atom stereocenters. The predicted molar refractivity (Wildman–Crippen MR) is 78.1 cm³/mol. The molecule has 1 rings (SSSR count). The van der Waals surface area contributed by atoms with E-state index in [0.29, 0.717) is 23.8 Å². The summed E-state index contributed by atoms with van der Waals surface area (Å²) in [6.45, 7) is 8.80. The molecule has 0 fully saturated rings. The third-order valence-corrected chi connectivity index (χ3v) is 5.27. The van der Waals surface area contributed by atoms with Gasteiger partial charge in [-0.25, -0.2) is 8.42 Å². The van der Waals surface area contributed by atoms with Crippen molar-refractivity contribution in [2.75, 3.05) is 13.2 Å². The molecule has 1 aromatic rings. The molecule has 0 aliphatic heterocycles. The summed E-state index contributed by atoms with van der Waals surface area (Å²) in [6, 6.07) is 7.01. The van der Waals surface area contributed by atoms with Crippen molar-refractivity contribution < 1.29 is 13.2 Å². The van der Waals surface area contributed by atoms with Gasteiger partial charge in [0.1, 0.15) is 0 Å². The molecule has 3 nitrogen and oxygen atoms in total. The minimum Gasteiger partial charge on any atom is -0.380 e. The molecule has 0 spiro atoms. The number of sulfone groups is 1. The zero-order valence-electron chi connectivity index (χ0n) is 12.2. The van der Waals surface area contributed by atoms with Gasteiger partial charge < -0.3 is 4.74 Å². The zero-order chi connectivity index (χ0) is 14.5. The second-order valence-corrected chi connectivity index (χ2v) is 7.55. The second kappa shape index (κ2) is 7.06. The van der Waals surface area contributed by atoms with Crippen molar-refractivity contribution in [2.45, 2.75) is 44.3 Å². The van der Waals surface area contributed by atoms with Crippen LogP contribution < -0.4 is 0 Å². The normalized spacial score (nSPS) is 13.7. The number of hydrogen-bond acceptors (Lipinski definition) is 3. The largest absolute Gasteiger partial charge is 0.380 e. The molecule has 0 aliphatic rings. The van der Waals surface area contributed by atoms with Gasteiger partial charge in [-0.2, -0.15) is 0 Å². The second-order valence-electron chi connectivity index (χ2n) is 5.32. The number of ether oxygens (including phenoxy) is 1. The van der Waals surface area contributed by atoms with E-state index in [2.05, 4.69) is 13.8 Å². The first kappa shape index (κ1) is 16.2. The number of aryl methyl sites for hydroxylation is 1. The molecular weight excluding hydrogens is 260 g/mol. The Morgan fingerprint density at radius 1 is 1.11 bits per heavy atom. The van der Waals surface area contributed by atoms with Gasteiger partial charge in [-0.1, -0.05) is 38.5 Å². The predicted octanol–water partition coefficient (Wildman–Crippen LogP) is 3.22. The van der Waals surface area contributed by atoms with Crippen LogP contribution in [-0.4, -0.2) is 26.9 Å². The van der Waals surface area contributed by atoms with Gasteiger partial charge in [-0.3, -0.25) is 0 Å². The van der Waals surface area contributed by atoms with E-state index in [0.717, 1.165) is 5.56 Å². The maximum Gasteiger partial charge on any atom is 0.183 e. The van der Waals surface area contributed by atoms with E-state index < -0.39 is 15.1 Å². The van der Waals surface area contributed by atoms with Gasteiger partial charge in [0.05, 0.1) is 16.8 Å². The fraction of sp³-hybridized carbons (Fsp3) is 0.600. The number of hydrogen-bond donors (Lipinski definition) is 0. The zero-order valence-corrected chi connectivity index (χ0v) is 13.0. The Labute approximate surface area is 116 Å². The van der Waals surface area contributed by atoms with E-state index in [9.17, 15) is 8.42 Å². The lowest BCUT2D eigenvalue weighted by Gasteiger charge is -2.17. The minimum absolute atomic E-state index is 0.269. The molecule has 0 bridgehead atoms. The summed E-state index contributed by atoms with van der Waals surface area (Å²) in [5, 5.41) is -0.464. The summed E-state index contributed by atoms with van der Waals surface area (Å²) >= 11 is 0. The molecule has 4 heteroatoms. The summed E-state index contributed by atoms with van der Waals surface area (Å²) < 4.78 is 30.4. The fourth-order valence-electron chi connectivity index (χ4n) is 1.78. The van der Waals surface area contributed by atoms with Crippen LogP contribution >= 0.6 is 0 Å². The van der Waals surface area contributed by atoms with Gasteiger partial charge in [0, 0.05) is 6.61 Å². The monoisotopic (exact) mass is 284 g/mol. The molecule has 108 valence electrons. The van der Waals surface area contributed by atoms with Crippen LogP contribution in [0, 0.1) is 12.8 Å². The van der Waals surface area contributed by atoms with Crippen molar-refractivity contribution in [2.24, 2.45) is 5.92 Å². The van der Waals surface area contributed by atoms with Gasteiger partial charge in [0.15, 0.2) is 9.84 Å². The van der Waals surface area contributed by atoms with E-state index in [-0.39, 0.29) is 6.61 Å². The summed E-state index contributed by atoms with van der Waals surface area (Å²) in [6.07, 6.45) is 0.564. The smallest absolute Gasteiger partial charge is 0.183 e. The van der Waals surface area contributed by atoms with E-state index >= 15 is 0 Å². The summed E-state index contributed by atoms with van der Waals surface area (Å²) in [5.74, 6) is 0.416. The molecule has 0 saturated carbocycles. The van der Waals surface area contributed by atoms with Crippen molar-refractivity contribution in [3.05, 3.63) is 29.8 Å². The first-order chi connectivity index (χ1) is 8.87. The van der Waals surface area contributed by atoms with Crippen LogP contribution in [-0.2, 0) is 14.6 Å². The van der Waals surface area contributed by atoms with E-state index in [1.807, 2.05) is 26.0 Å². The molecule has 1 aromatic carbocycles. The molecule has 19 heavy (non-hydrogen) atoms. The highest BCUT2D eigenvalue weighted by molar-refractivity contribution is 7.92. The summed E-state index contributed by atoms with van der Waals surface area (Å²) in [5.41, 5.74) is 1.06. The maximum atomic E-state index is 12.5. The van der Waals surface area contributed by atoms with Crippen molar-refractivity contribution >= 4 is 9.84 Å². The van der Waals surface area contributed by atoms with Gasteiger partial charge in [-0.15, -0.1) is 0 Å². The molecule has 0 aromatic heterocycles. The lowest BCUT2D eigenvalue weighted by Crippen LogP contribution is -2.27. The molecule has 0 heterocycles. The van der Waals surface area contributed by atoms with Gasteiger partial charge >= 0.3 is 0 Å². The fourth-order valence-corrected chi connectivity index (χ4v) is 3.40. The van der Waals surface area contributed by atoms with Crippen LogP contribution in [0.15, 0.2) is 29.2 Å². The highest BCUT2D eigenvalue weighted by Crippen LogP contribution is 2.19. The van der Waals surface area contributed by atoms with Crippen LogP contribution in [0.4, 0.5) is 0 Å². The van der Waals surface area contributed by atoms with Crippen LogP contribution in [0.5, 0.6) is 0 Å². The average molecular weight is 284 g/mol. The summed E-state index contributed by atoms with van der Waals surface area (Å²) in [7, 11) is -3.29. The van der Waals surface area contributed by atoms with Crippen LogP contribution in [0.25, 0.3) is 0 Å². The highest BCUT2D eigenvalue weighted by atomic mass is 32.2. The van der Waals surface area contributed by atoms with Crippen LogP contribution in [0.1, 0.15) is 32.8 Å². The third-order valence-electron chi connectivity index (χ3n) is 3.00. The van der Waals surface area contributed by atoms with E-state index in [4.69, 9.17) is 4.74 Å². The number of benzene rings is 1. The van der Waals surface area contributed by atoms with E-state index in [1.54, 1.807) is 12.1 Å². The van der Waals surface area contributed by atoms with Crippen LogP contribution in [0.3, 0.4) is 0 Å². The lowest BCUT2D eigenvalue weighted by atomic mass is 10.2. The first-order valence-corrected chi connectivity index (χ1v) is 8.30. The minimum atomic E-state index is -3.29. The summed E-state index contributed by atoms with van der Waals surface area (Å²) in [4.78, 5) is 0.387. The molecule has 1 atom stereocenters. The Morgan fingerprint density at radius 2 is 1.68 bits per heavy atom. The molecular formula is C15H24O3S. The highest BCUT2D eigenvalue weighted by Gasteiger charge is 2.26. The molecule has 0 aliphatic carbocycles. The topological polar surface area (TPSA) is 43.4 Å². The quantitative estimate of drug-likeness (QED) is 0.772. The SMILES string of the molecule is CC[C@@H](COCC(C)C)S(=O)(=O)c1ccc(C)cc1. The Balaban J connectivity index is 2.80. The Bertz CT molecular complexity index is 475. The average Bonchev–Trinajstić information content (AvgIpc) is 2.34. The lowest BCUT2D eigenvalue weighted by molar-refractivity contribution is 0.109. The molecule has 0 saturated heterocycles. The molecule has 0 amide bonds. The van der Waals surface area contributed by atoms with Crippen molar-refractivity contribution in [3.63, 3.8) is 0 Å². The van der Waals surface area contributed by atoms with Crippen LogP contribution in [0.2, 0.25) is 0 Å². The Hall–Kier alpha value is -0.870. The first-order valence-electron chi connectivity index (χ1n) is 6.76. The van der Waals surface area contributed by atoms with Gasteiger partial charge in [-0.05, 0) is 31.4 Å². The standard InChI is InChI=1S/C15H24O3S/c1-5-14(11-18-10-12(2)3)19(16,17)15-8-6-13(4)7-9-15/h6-9,12,14H,5,10-11H2,1-4H3/t14-/m0/s1.